The van der Waals surface area contributed by atoms with Crippen LogP contribution >= 0.6 is 0 Å². The molecule has 1 amide bonds. The Balaban J connectivity index is 1.63. The van der Waals surface area contributed by atoms with Crippen LogP contribution in [-0.4, -0.2) is 50.8 Å². The molecule has 1 aliphatic rings. The van der Waals surface area contributed by atoms with Crippen LogP contribution in [0.2, 0.25) is 0 Å². The molecule has 7 heteroatoms. The highest BCUT2D eigenvalue weighted by Crippen LogP contribution is 2.24. The minimum absolute atomic E-state index is 0.0514. The number of carbonyl (C=O) groups excluding carboxylic acids is 1. The number of anilines is 1. The summed E-state index contributed by atoms with van der Waals surface area (Å²) in [6.07, 6.45) is 1.18. The summed E-state index contributed by atoms with van der Waals surface area (Å²) < 4.78 is 23.3. The number of nitrogens with one attached hydrogen (secondary N) is 1. The first-order valence-electron chi connectivity index (χ1n) is 8.27. The number of furan rings is 1. The smallest absolute Gasteiger partial charge is 0.406 e. The van der Waals surface area contributed by atoms with Crippen molar-refractivity contribution in [2.24, 2.45) is 0 Å². The second-order valence-corrected chi connectivity index (χ2v) is 5.90. The van der Waals surface area contributed by atoms with Crippen LogP contribution in [0.5, 0.6) is 0 Å². The van der Waals surface area contributed by atoms with Gasteiger partial charge in [0.2, 0.25) is 0 Å². The molecule has 2 heterocycles. The van der Waals surface area contributed by atoms with Crippen molar-refractivity contribution in [2.75, 3.05) is 44.7 Å². The Morgan fingerprint density at radius 2 is 1.96 bits per heavy atom. The topological polar surface area (TPSA) is 58.0 Å². The first-order chi connectivity index (χ1) is 12.2. The number of rotatable bonds is 5. The average Bonchev–Trinajstić information content (AvgIpc) is 3.17. The zero-order valence-electron chi connectivity index (χ0n) is 14.2. The van der Waals surface area contributed by atoms with Crippen molar-refractivity contribution < 1.29 is 18.3 Å². The molecule has 0 radical (unpaired) electrons. The predicted octanol–water partition coefficient (Wildman–Crippen LogP) is 2.64. The lowest BCUT2D eigenvalue weighted by molar-refractivity contribution is 0.145. The molecule has 3 rings (SSSR count). The quantitative estimate of drug-likeness (QED) is 0.901. The van der Waals surface area contributed by atoms with Gasteiger partial charge in [-0.2, -0.15) is 0 Å². The van der Waals surface area contributed by atoms with E-state index in [2.05, 4.69) is 19.9 Å². The number of benzene rings is 1. The van der Waals surface area contributed by atoms with Crippen molar-refractivity contribution >= 4 is 11.8 Å². The average molecular weight is 347 g/mol. The van der Waals surface area contributed by atoms with Crippen molar-refractivity contribution in [3.8, 4) is 0 Å². The third-order valence-electron chi connectivity index (χ3n) is 4.44. The lowest BCUT2D eigenvalue weighted by atomic mass is 10.1. The van der Waals surface area contributed by atoms with Gasteiger partial charge in [-0.05, 0) is 36.4 Å². The lowest BCUT2D eigenvalue weighted by Crippen LogP contribution is -2.49. The van der Waals surface area contributed by atoms with Gasteiger partial charge >= 0.3 is 6.09 Å². The molecule has 1 aliphatic heterocycles. The van der Waals surface area contributed by atoms with Crippen LogP contribution in [0.4, 0.5) is 14.9 Å². The Morgan fingerprint density at radius 1 is 1.24 bits per heavy atom. The summed E-state index contributed by atoms with van der Waals surface area (Å²) in [5.74, 6) is 0.584. The van der Waals surface area contributed by atoms with E-state index in [9.17, 15) is 9.18 Å². The monoisotopic (exact) mass is 347 g/mol. The number of ether oxygens (including phenoxy) is 1. The molecule has 25 heavy (non-hydrogen) atoms. The standard InChI is InChI=1S/C18H22FN3O3/c1-24-18(23)20-13-16(17-3-2-12-25-17)22-10-8-21(9-11-22)15-6-4-14(19)5-7-15/h2-7,12,16H,8-11,13H2,1H3,(H,20,23)/t16-/m1/s1. The summed E-state index contributed by atoms with van der Waals surface area (Å²) in [4.78, 5) is 15.9. The lowest BCUT2D eigenvalue weighted by Gasteiger charge is -2.39. The predicted molar refractivity (Wildman–Crippen MR) is 92.0 cm³/mol. The van der Waals surface area contributed by atoms with E-state index in [0.29, 0.717) is 6.54 Å². The number of piperazine rings is 1. The van der Waals surface area contributed by atoms with E-state index < -0.39 is 6.09 Å². The summed E-state index contributed by atoms with van der Waals surface area (Å²) in [5.41, 5.74) is 1.02. The van der Waals surface area contributed by atoms with Gasteiger partial charge in [-0.1, -0.05) is 0 Å². The molecule has 0 unspecified atom stereocenters. The van der Waals surface area contributed by atoms with Crippen molar-refractivity contribution in [2.45, 2.75) is 6.04 Å². The Hall–Kier alpha value is -2.54. The second-order valence-electron chi connectivity index (χ2n) is 5.90. The Kier molecular flexibility index (Phi) is 5.55. The first kappa shape index (κ1) is 17.3. The van der Waals surface area contributed by atoms with Gasteiger partial charge in [0, 0.05) is 38.4 Å². The second kappa shape index (κ2) is 8.02. The van der Waals surface area contributed by atoms with E-state index in [1.54, 1.807) is 18.4 Å². The van der Waals surface area contributed by atoms with Gasteiger partial charge in [-0.3, -0.25) is 4.90 Å². The largest absolute Gasteiger partial charge is 0.468 e. The third-order valence-corrected chi connectivity index (χ3v) is 4.44. The number of carbonyl (C=O) groups is 1. The maximum absolute atomic E-state index is 13.1. The van der Waals surface area contributed by atoms with Crippen LogP contribution in [-0.2, 0) is 4.74 Å². The van der Waals surface area contributed by atoms with Crippen LogP contribution < -0.4 is 10.2 Å². The van der Waals surface area contributed by atoms with Crippen LogP contribution in [0.1, 0.15) is 11.8 Å². The molecular weight excluding hydrogens is 325 g/mol. The highest BCUT2D eigenvalue weighted by Gasteiger charge is 2.27. The summed E-state index contributed by atoms with van der Waals surface area (Å²) in [6, 6.07) is 10.3. The molecule has 134 valence electrons. The highest BCUT2D eigenvalue weighted by atomic mass is 19.1. The number of nitrogens with zero attached hydrogens (tertiary/aromatic N) is 2. The van der Waals surface area contributed by atoms with Gasteiger partial charge in [0.25, 0.3) is 0 Å². The fourth-order valence-corrected chi connectivity index (χ4v) is 3.09. The van der Waals surface area contributed by atoms with Crippen molar-refractivity contribution in [3.05, 3.63) is 54.2 Å². The van der Waals surface area contributed by atoms with E-state index in [0.717, 1.165) is 37.6 Å². The zero-order chi connectivity index (χ0) is 17.6. The molecule has 6 nitrogen and oxygen atoms in total. The SMILES string of the molecule is COC(=O)NC[C@H](c1ccco1)N1CCN(c2ccc(F)cc2)CC1. The van der Waals surface area contributed by atoms with Crippen molar-refractivity contribution in [1.82, 2.24) is 10.2 Å². The number of halogens is 1. The third kappa shape index (κ3) is 4.30. The fourth-order valence-electron chi connectivity index (χ4n) is 3.09. The van der Waals surface area contributed by atoms with E-state index in [4.69, 9.17) is 4.42 Å². The van der Waals surface area contributed by atoms with Crippen LogP contribution in [0.25, 0.3) is 0 Å². The summed E-state index contributed by atoms with van der Waals surface area (Å²) >= 11 is 0. The molecule has 0 bridgehead atoms. The van der Waals surface area contributed by atoms with Crippen molar-refractivity contribution in [3.63, 3.8) is 0 Å². The Morgan fingerprint density at radius 3 is 2.56 bits per heavy atom. The van der Waals surface area contributed by atoms with Crippen LogP contribution in [0, 0.1) is 5.82 Å². The van der Waals surface area contributed by atoms with Gasteiger partial charge in [0.05, 0.1) is 19.4 Å². The molecule has 1 aromatic carbocycles. The maximum Gasteiger partial charge on any atom is 0.406 e. The minimum Gasteiger partial charge on any atom is -0.468 e. The molecule has 0 saturated carbocycles. The zero-order valence-corrected chi connectivity index (χ0v) is 14.2. The molecular formula is C18H22FN3O3. The Bertz CT molecular complexity index is 667. The molecule has 1 fully saturated rings. The molecule has 1 atom stereocenters. The number of alkyl carbamates (subject to hydrolysis) is 1. The maximum atomic E-state index is 13.1. The van der Waals surface area contributed by atoms with Crippen LogP contribution in [0.15, 0.2) is 47.1 Å². The molecule has 1 aromatic heterocycles. The van der Waals surface area contributed by atoms with E-state index in [1.165, 1.54) is 19.2 Å². The molecule has 0 aliphatic carbocycles. The molecule has 0 spiro atoms. The van der Waals surface area contributed by atoms with E-state index in [-0.39, 0.29) is 11.9 Å². The number of amides is 1. The van der Waals surface area contributed by atoms with E-state index >= 15 is 0 Å². The highest BCUT2D eigenvalue weighted by molar-refractivity contribution is 5.66. The van der Waals surface area contributed by atoms with Gasteiger partial charge in [-0.15, -0.1) is 0 Å². The summed E-state index contributed by atoms with van der Waals surface area (Å²) in [5, 5.41) is 2.75. The van der Waals surface area contributed by atoms with Crippen LogP contribution in [0.3, 0.4) is 0 Å². The number of methoxy groups -OCH3 is 1. The summed E-state index contributed by atoms with van der Waals surface area (Å²) in [7, 11) is 1.35. The summed E-state index contributed by atoms with van der Waals surface area (Å²) in [6.45, 7) is 3.68. The number of hydrogen-bond acceptors (Lipinski definition) is 5. The van der Waals surface area contributed by atoms with E-state index in [1.807, 2.05) is 12.1 Å². The van der Waals surface area contributed by atoms with Gasteiger partial charge < -0.3 is 19.4 Å². The first-order valence-corrected chi connectivity index (χ1v) is 8.27. The fraction of sp³-hybridized carbons (Fsp3) is 0.389. The molecule has 1 N–H and O–H groups in total. The minimum atomic E-state index is -0.457. The van der Waals surface area contributed by atoms with Gasteiger partial charge in [0.1, 0.15) is 11.6 Å². The number of hydrogen-bond donors (Lipinski definition) is 1. The Labute approximate surface area is 146 Å². The molecule has 2 aromatic rings. The van der Waals surface area contributed by atoms with Crippen molar-refractivity contribution in [1.29, 1.82) is 0 Å². The normalized spacial score (nSPS) is 16.5. The molecule has 1 saturated heterocycles. The van der Waals surface area contributed by atoms with Gasteiger partial charge in [0.15, 0.2) is 0 Å². The van der Waals surface area contributed by atoms with Gasteiger partial charge in [-0.25, -0.2) is 9.18 Å².